The van der Waals surface area contributed by atoms with Crippen molar-refractivity contribution in [3.05, 3.63) is 77.4 Å². The smallest absolute Gasteiger partial charge is 0.338 e. The van der Waals surface area contributed by atoms with Crippen LogP contribution < -0.4 is 0 Å². The van der Waals surface area contributed by atoms with Gasteiger partial charge in [-0.3, -0.25) is 9.59 Å². The van der Waals surface area contributed by atoms with Gasteiger partial charge in [-0.05, 0) is 36.6 Å². The number of cyclic esters (lactones) is 1. The Bertz CT molecular complexity index is 881. The zero-order chi connectivity index (χ0) is 19.9. The summed E-state index contributed by atoms with van der Waals surface area (Å²) in [5, 5.41) is 0. The highest BCUT2D eigenvalue weighted by molar-refractivity contribution is 6.09. The summed E-state index contributed by atoms with van der Waals surface area (Å²) in [5.74, 6) is -2.01. The molecule has 0 saturated carbocycles. The van der Waals surface area contributed by atoms with Crippen molar-refractivity contribution in [3.8, 4) is 0 Å². The summed E-state index contributed by atoms with van der Waals surface area (Å²) in [4.78, 5) is 37.2. The summed E-state index contributed by atoms with van der Waals surface area (Å²) < 4.78 is 10.2. The average Bonchev–Trinajstić information content (AvgIpc) is 2.72. The number of benzene rings is 2. The molecule has 1 aliphatic rings. The monoisotopic (exact) mass is 378 g/mol. The lowest BCUT2D eigenvalue weighted by atomic mass is 9.87. The van der Waals surface area contributed by atoms with Crippen molar-refractivity contribution in [3.63, 3.8) is 0 Å². The number of hydrogen-bond acceptors (Lipinski definition) is 5. The number of ketones is 1. The van der Waals surface area contributed by atoms with Gasteiger partial charge in [-0.15, -0.1) is 0 Å². The summed E-state index contributed by atoms with van der Waals surface area (Å²) in [5.41, 5.74) is 2.71. The fraction of sp³-hybridized carbons (Fsp3) is 0.261. The van der Waals surface area contributed by atoms with Crippen LogP contribution in [0.1, 0.15) is 46.0 Å². The van der Waals surface area contributed by atoms with Crippen molar-refractivity contribution < 1.29 is 23.9 Å². The van der Waals surface area contributed by atoms with Crippen LogP contribution in [0.3, 0.4) is 0 Å². The van der Waals surface area contributed by atoms with E-state index in [2.05, 4.69) is 0 Å². The molecule has 0 saturated heterocycles. The Kier molecular flexibility index (Phi) is 6.37. The summed E-state index contributed by atoms with van der Waals surface area (Å²) in [6, 6.07) is 15.8. The standard InChI is InChI=1S/C23H22O5/c1-2-27-22(25)18-12-10-16(11-13-18)19-9-6-14-28-23(26)20(15-19)21(24)17-7-4-3-5-8-17/h3-5,7-13,20H,2,6,14-15H2,1H3/b19-9+. The highest BCUT2D eigenvalue weighted by atomic mass is 16.5. The average molecular weight is 378 g/mol. The van der Waals surface area contributed by atoms with Gasteiger partial charge >= 0.3 is 11.9 Å². The molecule has 0 aliphatic carbocycles. The molecule has 0 aromatic heterocycles. The fourth-order valence-electron chi connectivity index (χ4n) is 3.15. The van der Waals surface area contributed by atoms with Gasteiger partial charge < -0.3 is 9.47 Å². The quantitative estimate of drug-likeness (QED) is 0.445. The zero-order valence-electron chi connectivity index (χ0n) is 15.7. The maximum atomic E-state index is 12.9. The molecule has 0 N–H and O–H groups in total. The van der Waals surface area contributed by atoms with Crippen LogP contribution in [0.25, 0.3) is 5.57 Å². The summed E-state index contributed by atoms with van der Waals surface area (Å²) >= 11 is 0. The van der Waals surface area contributed by atoms with Gasteiger partial charge in [-0.2, -0.15) is 0 Å². The van der Waals surface area contributed by atoms with Crippen LogP contribution >= 0.6 is 0 Å². The molecule has 5 nitrogen and oxygen atoms in total. The Hall–Kier alpha value is -3.21. The van der Waals surface area contributed by atoms with Crippen LogP contribution in [-0.4, -0.2) is 30.9 Å². The van der Waals surface area contributed by atoms with Crippen molar-refractivity contribution in [1.82, 2.24) is 0 Å². The molecule has 1 heterocycles. The van der Waals surface area contributed by atoms with Crippen molar-refractivity contribution in [2.75, 3.05) is 13.2 Å². The molecule has 1 unspecified atom stereocenters. The van der Waals surface area contributed by atoms with Crippen LogP contribution in [-0.2, 0) is 14.3 Å². The summed E-state index contributed by atoms with van der Waals surface area (Å²) in [7, 11) is 0. The molecule has 0 bridgehead atoms. The van der Waals surface area contributed by atoms with Gasteiger partial charge in [0.25, 0.3) is 0 Å². The Balaban J connectivity index is 1.85. The maximum absolute atomic E-state index is 12.9. The van der Waals surface area contributed by atoms with Crippen LogP contribution in [0.2, 0.25) is 0 Å². The first-order valence-corrected chi connectivity index (χ1v) is 9.32. The molecule has 0 fully saturated rings. The first kappa shape index (κ1) is 19.5. The highest BCUT2D eigenvalue weighted by Crippen LogP contribution is 2.28. The first-order valence-electron chi connectivity index (χ1n) is 9.32. The molecule has 1 aliphatic heterocycles. The van der Waals surface area contributed by atoms with E-state index in [1.807, 2.05) is 24.3 Å². The largest absolute Gasteiger partial charge is 0.465 e. The Morgan fingerprint density at radius 1 is 1.04 bits per heavy atom. The third-order valence-electron chi connectivity index (χ3n) is 4.60. The molecule has 2 aromatic rings. The van der Waals surface area contributed by atoms with Crippen LogP contribution in [0.15, 0.2) is 60.7 Å². The fourth-order valence-corrected chi connectivity index (χ4v) is 3.15. The van der Waals surface area contributed by atoms with Gasteiger partial charge in [0.1, 0.15) is 5.92 Å². The molecule has 144 valence electrons. The second-order valence-electron chi connectivity index (χ2n) is 6.47. The van der Waals surface area contributed by atoms with Gasteiger partial charge in [0.05, 0.1) is 18.8 Å². The molecule has 0 spiro atoms. The lowest BCUT2D eigenvalue weighted by Gasteiger charge is -2.20. The predicted molar refractivity (Wildman–Crippen MR) is 105 cm³/mol. The summed E-state index contributed by atoms with van der Waals surface area (Å²) in [6.07, 6.45) is 2.81. The molecule has 3 rings (SSSR count). The number of carbonyl (C=O) groups excluding carboxylic acids is 3. The van der Waals surface area contributed by atoms with Crippen LogP contribution in [0, 0.1) is 5.92 Å². The number of carbonyl (C=O) groups is 3. The third kappa shape index (κ3) is 4.55. The Labute approximate surface area is 164 Å². The number of rotatable bonds is 5. The van der Waals surface area contributed by atoms with E-state index < -0.39 is 11.9 Å². The third-order valence-corrected chi connectivity index (χ3v) is 4.60. The zero-order valence-corrected chi connectivity index (χ0v) is 15.7. The minimum atomic E-state index is -0.890. The normalized spacial score (nSPS) is 18.8. The van der Waals surface area contributed by atoms with E-state index in [1.165, 1.54) is 0 Å². The first-order chi connectivity index (χ1) is 13.6. The predicted octanol–water partition coefficient (Wildman–Crippen LogP) is 4.08. The van der Waals surface area contributed by atoms with Gasteiger partial charge in [-0.25, -0.2) is 4.79 Å². The van der Waals surface area contributed by atoms with Crippen molar-refractivity contribution in [2.24, 2.45) is 5.92 Å². The van der Waals surface area contributed by atoms with Crippen molar-refractivity contribution in [1.29, 1.82) is 0 Å². The van der Waals surface area contributed by atoms with E-state index in [9.17, 15) is 14.4 Å². The van der Waals surface area contributed by atoms with E-state index >= 15 is 0 Å². The van der Waals surface area contributed by atoms with E-state index in [4.69, 9.17) is 9.47 Å². The van der Waals surface area contributed by atoms with Crippen molar-refractivity contribution in [2.45, 2.75) is 19.8 Å². The lowest BCUT2D eigenvalue weighted by Crippen LogP contribution is -2.28. The van der Waals surface area contributed by atoms with Gasteiger partial charge in [0.15, 0.2) is 5.78 Å². The topological polar surface area (TPSA) is 69.7 Å². The number of ether oxygens (including phenoxy) is 2. The van der Waals surface area contributed by atoms with Gasteiger partial charge in [-0.1, -0.05) is 48.5 Å². The second kappa shape index (κ2) is 9.13. The van der Waals surface area contributed by atoms with Gasteiger partial charge in [0.2, 0.25) is 0 Å². The highest BCUT2D eigenvalue weighted by Gasteiger charge is 2.31. The van der Waals surface area contributed by atoms with Gasteiger partial charge in [0, 0.05) is 12.0 Å². The lowest BCUT2D eigenvalue weighted by molar-refractivity contribution is -0.146. The molecule has 1 atom stereocenters. The molecular weight excluding hydrogens is 356 g/mol. The molecular formula is C23H22O5. The second-order valence-corrected chi connectivity index (χ2v) is 6.47. The molecule has 0 radical (unpaired) electrons. The van der Waals surface area contributed by atoms with E-state index in [1.54, 1.807) is 43.3 Å². The van der Waals surface area contributed by atoms with E-state index in [-0.39, 0.29) is 24.8 Å². The number of esters is 2. The number of allylic oxidation sites excluding steroid dienone is 1. The van der Waals surface area contributed by atoms with Crippen LogP contribution in [0.5, 0.6) is 0 Å². The minimum absolute atomic E-state index is 0.238. The van der Waals surface area contributed by atoms with E-state index in [0.29, 0.717) is 24.2 Å². The maximum Gasteiger partial charge on any atom is 0.338 e. The number of hydrogen-bond donors (Lipinski definition) is 0. The molecule has 2 aromatic carbocycles. The van der Waals surface area contributed by atoms with Crippen LogP contribution in [0.4, 0.5) is 0 Å². The molecule has 28 heavy (non-hydrogen) atoms. The minimum Gasteiger partial charge on any atom is -0.465 e. The summed E-state index contributed by atoms with van der Waals surface area (Å²) in [6.45, 7) is 2.31. The Morgan fingerprint density at radius 2 is 1.75 bits per heavy atom. The van der Waals surface area contributed by atoms with Crippen molar-refractivity contribution >= 4 is 23.3 Å². The molecule has 0 amide bonds. The SMILES string of the molecule is CCOC(=O)c1ccc(/C2=C/CCOC(=O)C(C(=O)c3ccccc3)C2)cc1. The number of Topliss-reactive ketones (excluding diaryl/α,β-unsaturated/α-hetero) is 1. The Morgan fingerprint density at radius 3 is 2.43 bits per heavy atom. The molecule has 5 heteroatoms. The van der Waals surface area contributed by atoms with E-state index in [0.717, 1.165) is 11.1 Å².